The van der Waals surface area contributed by atoms with Crippen LogP contribution in [0.5, 0.6) is 0 Å². The maximum absolute atomic E-state index is 5.90. The Kier molecular flexibility index (Phi) is 3.14. The van der Waals surface area contributed by atoms with Gasteiger partial charge in [-0.3, -0.25) is 0 Å². The van der Waals surface area contributed by atoms with Crippen LogP contribution in [0.4, 0.5) is 0 Å². The number of fused-ring (bicyclic) bond motifs is 1. The van der Waals surface area contributed by atoms with Crippen LogP contribution in [0.3, 0.4) is 0 Å². The molecule has 2 fully saturated rings. The Morgan fingerprint density at radius 2 is 1.88 bits per heavy atom. The fraction of sp³-hybridized carbons (Fsp3) is 0.571. The highest BCUT2D eigenvalue weighted by atomic mass is 16.6. The molecule has 2 aliphatic heterocycles. The van der Waals surface area contributed by atoms with Crippen molar-refractivity contribution in [2.45, 2.75) is 31.8 Å². The molecule has 1 aromatic carbocycles. The molecular formula is C14H18O3. The van der Waals surface area contributed by atoms with Gasteiger partial charge in [0.1, 0.15) is 12.2 Å². The van der Waals surface area contributed by atoms with Gasteiger partial charge in [-0.15, -0.1) is 0 Å². The predicted molar refractivity (Wildman–Crippen MR) is 63.7 cm³/mol. The minimum atomic E-state index is 0.0881. The lowest BCUT2D eigenvalue weighted by Crippen LogP contribution is -2.30. The Hall–Kier alpha value is -0.900. The highest BCUT2D eigenvalue weighted by Crippen LogP contribution is 2.32. The lowest BCUT2D eigenvalue weighted by atomic mass is 10.0. The number of rotatable bonds is 3. The van der Waals surface area contributed by atoms with Crippen molar-refractivity contribution in [2.24, 2.45) is 5.92 Å². The first-order chi connectivity index (χ1) is 8.34. The zero-order valence-corrected chi connectivity index (χ0v) is 10.0. The zero-order chi connectivity index (χ0) is 11.7. The second-order valence-electron chi connectivity index (χ2n) is 4.91. The van der Waals surface area contributed by atoms with Gasteiger partial charge in [0.15, 0.2) is 0 Å². The Bertz CT molecular complexity index is 365. The first-order valence-corrected chi connectivity index (χ1v) is 6.23. The molecule has 0 aromatic heterocycles. The molecule has 17 heavy (non-hydrogen) atoms. The minimum Gasteiger partial charge on any atom is -0.372 e. The number of benzene rings is 1. The fourth-order valence-electron chi connectivity index (χ4n) is 2.58. The van der Waals surface area contributed by atoms with E-state index in [1.165, 1.54) is 5.56 Å². The van der Waals surface area contributed by atoms with E-state index in [0.717, 1.165) is 6.61 Å². The van der Waals surface area contributed by atoms with Gasteiger partial charge in [-0.05, 0) is 5.56 Å². The Balaban J connectivity index is 1.57. The molecule has 92 valence electrons. The average molecular weight is 234 g/mol. The lowest BCUT2D eigenvalue weighted by molar-refractivity contribution is -0.0397. The van der Waals surface area contributed by atoms with Crippen LogP contribution in [0.2, 0.25) is 0 Å². The summed E-state index contributed by atoms with van der Waals surface area (Å²) in [5, 5.41) is 0. The molecular weight excluding hydrogens is 216 g/mol. The van der Waals surface area contributed by atoms with E-state index in [0.29, 0.717) is 19.1 Å². The third-order valence-corrected chi connectivity index (χ3v) is 3.56. The maximum atomic E-state index is 5.90. The monoisotopic (exact) mass is 234 g/mol. The summed E-state index contributed by atoms with van der Waals surface area (Å²) in [5.41, 5.74) is 1.20. The summed E-state index contributed by atoms with van der Waals surface area (Å²) in [6.07, 6.45) is 0.453. The molecule has 4 atom stereocenters. The molecule has 0 spiro atoms. The SMILES string of the molecule is C[C@@H]1CO[C@H]2[C@@H]1OC[C@H]2OCc1ccccc1. The molecule has 2 saturated heterocycles. The summed E-state index contributed by atoms with van der Waals surface area (Å²) in [4.78, 5) is 0. The van der Waals surface area contributed by atoms with Gasteiger partial charge in [-0.1, -0.05) is 37.3 Å². The van der Waals surface area contributed by atoms with E-state index in [1.54, 1.807) is 0 Å². The van der Waals surface area contributed by atoms with Crippen molar-refractivity contribution in [3.63, 3.8) is 0 Å². The average Bonchev–Trinajstić information content (AvgIpc) is 2.92. The number of ether oxygens (including phenoxy) is 3. The smallest absolute Gasteiger partial charge is 0.112 e. The molecule has 0 radical (unpaired) electrons. The summed E-state index contributed by atoms with van der Waals surface area (Å²) in [6, 6.07) is 10.2. The van der Waals surface area contributed by atoms with Crippen molar-refractivity contribution in [1.29, 1.82) is 0 Å². The van der Waals surface area contributed by atoms with Gasteiger partial charge in [0.2, 0.25) is 0 Å². The van der Waals surface area contributed by atoms with E-state index in [1.807, 2.05) is 18.2 Å². The first kappa shape index (κ1) is 11.2. The summed E-state index contributed by atoms with van der Waals surface area (Å²) in [5.74, 6) is 0.491. The number of hydrogen-bond donors (Lipinski definition) is 0. The van der Waals surface area contributed by atoms with Gasteiger partial charge in [-0.25, -0.2) is 0 Å². The Morgan fingerprint density at radius 3 is 2.71 bits per heavy atom. The van der Waals surface area contributed by atoms with E-state index in [-0.39, 0.29) is 18.3 Å². The van der Waals surface area contributed by atoms with Crippen LogP contribution in [-0.2, 0) is 20.8 Å². The third-order valence-electron chi connectivity index (χ3n) is 3.56. The van der Waals surface area contributed by atoms with Gasteiger partial charge in [0.25, 0.3) is 0 Å². The highest BCUT2D eigenvalue weighted by molar-refractivity contribution is 5.13. The van der Waals surface area contributed by atoms with Crippen molar-refractivity contribution in [3.05, 3.63) is 35.9 Å². The van der Waals surface area contributed by atoms with Crippen molar-refractivity contribution in [3.8, 4) is 0 Å². The van der Waals surface area contributed by atoms with Crippen molar-refractivity contribution in [2.75, 3.05) is 13.2 Å². The predicted octanol–water partition coefficient (Wildman–Crippen LogP) is 2.01. The van der Waals surface area contributed by atoms with Crippen LogP contribution in [0.1, 0.15) is 12.5 Å². The quantitative estimate of drug-likeness (QED) is 0.800. The molecule has 0 amide bonds. The molecule has 3 heteroatoms. The van der Waals surface area contributed by atoms with E-state index >= 15 is 0 Å². The largest absolute Gasteiger partial charge is 0.372 e. The molecule has 0 N–H and O–H groups in total. The summed E-state index contributed by atoms with van der Waals surface area (Å²) in [7, 11) is 0. The Morgan fingerprint density at radius 1 is 1.12 bits per heavy atom. The molecule has 2 heterocycles. The maximum Gasteiger partial charge on any atom is 0.112 e. The lowest BCUT2D eigenvalue weighted by Gasteiger charge is -2.16. The summed E-state index contributed by atoms with van der Waals surface area (Å²) in [6.45, 7) is 4.26. The minimum absolute atomic E-state index is 0.0881. The van der Waals surface area contributed by atoms with Gasteiger partial charge < -0.3 is 14.2 Å². The first-order valence-electron chi connectivity index (χ1n) is 6.23. The third kappa shape index (κ3) is 2.23. The molecule has 0 saturated carbocycles. The van der Waals surface area contributed by atoms with E-state index in [4.69, 9.17) is 14.2 Å². The topological polar surface area (TPSA) is 27.7 Å². The van der Waals surface area contributed by atoms with Gasteiger partial charge in [0.05, 0.1) is 25.9 Å². The second-order valence-corrected chi connectivity index (χ2v) is 4.91. The second kappa shape index (κ2) is 4.77. The molecule has 3 rings (SSSR count). The molecule has 1 aromatic rings. The van der Waals surface area contributed by atoms with E-state index in [2.05, 4.69) is 19.1 Å². The number of hydrogen-bond acceptors (Lipinski definition) is 3. The molecule has 0 bridgehead atoms. The van der Waals surface area contributed by atoms with Gasteiger partial charge >= 0.3 is 0 Å². The summed E-state index contributed by atoms with van der Waals surface area (Å²) < 4.78 is 17.4. The van der Waals surface area contributed by atoms with Crippen molar-refractivity contribution in [1.82, 2.24) is 0 Å². The molecule has 3 nitrogen and oxygen atoms in total. The standard InChI is InChI=1S/C14H18O3/c1-10-7-16-14-12(9-17-13(10)14)15-8-11-5-3-2-4-6-11/h2-6,10,12-14H,7-9H2,1H3/t10-,12-,13-,14-/m1/s1. The van der Waals surface area contributed by atoms with Crippen LogP contribution in [0.15, 0.2) is 30.3 Å². The van der Waals surface area contributed by atoms with E-state index < -0.39 is 0 Å². The molecule has 2 aliphatic rings. The zero-order valence-electron chi connectivity index (χ0n) is 10.0. The van der Waals surface area contributed by atoms with Crippen LogP contribution in [0.25, 0.3) is 0 Å². The van der Waals surface area contributed by atoms with Crippen molar-refractivity contribution >= 4 is 0 Å². The van der Waals surface area contributed by atoms with Gasteiger partial charge in [-0.2, -0.15) is 0 Å². The normalized spacial score (nSPS) is 36.1. The summed E-state index contributed by atoms with van der Waals surface area (Å²) >= 11 is 0. The highest BCUT2D eigenvalue weighted by Gasteiger charge is 2.46. The van der Waals surface area contributed by atoms with Crippen LogP contribution < -0.4 is 0 Å². The molecule has 0 aliphatic carbocycles. The molecule has 0 unspecified atom stereocenters. The van der Waals surface area contributed by atoms with Crippen LogP contribution in [0, 0.1) is 5.92 Å². The van der Waals surface area contributed by atoms with Crippen LogP contribution >= 0.6 is 0 Å². The van der Waals surface area contributed by atoms with E-state index in [9.17, 15) is 0 Å². The Labute approximate surface area is 102 Å². The van der Waals surface area contributed by atoms with Crippen LogP contribution in [-0.4, -0.2) is 31.5 Å². The van der Waals surface area contributed by atoms with Crippen molar-refractivity contribution < 1.29 is 14.2 Å². The van der Waals surface area contributed by atoms with Gasteiger partial charge in [0, 0.05) is 5.92 Å². The fourth-order valence-corrected chi connectivity index (χ4v) is 2.58.